The Morgan fingerprint density at radius 3 is 0.709 bits per heavy atom. The van der Waals surface area contributed by atoms with Crippen LogP contribution in [-0.2, 0) is 19.2 Å². The summed E-state index contributed by atoms with van der Waals surface area (Å²) in [4.78, 5) is 95.5. The molecule has 12 aromatic rings. The average molecular weight is 2450 g/mol. The van der Waals surface area contributed by atoms with Crippen molar-refractivity contribution in [3.05, 3.63) is 124 Å². The van der Waals surface area contributed by atoms with E-state index in [-0.39, 0.29) is 23.6 Å². The molecular weight excluding hydrogens is 2310 g/mol. The molecule has 0 unspecified atom stereocenters. The number of amides is 4. The number of halogens is 3. The summed E-state index contributed by atoms with van der Waals surface area (Å²) in [7, 11) is 0. The summed E-state index contributed by atoms with van der Waals surface area (Å²) in [5, 5.41) is 0. The fourth-order valence-corrected chi connectivity index (χ4v) is 58.4. The van der Waals surface area contributed by atoms with Gasteiger partial charge in [-0.2, -0.15) is 0 Å². The zero-order chi connectivity index (χ0) is 91.2. The summed E-state index contributed by atoms with van der Waals surface area (Å²) >= 11 is 27.7. The van der Waals surface area contributed by atoms with Gasteiger partial charge in [-0.3, -0.25) is 19.2 Å². The van der Waals surface area contributed by atoms with Crippen molar-refractivity contribution in [1.29, 1.82) is 0 Å². The Balaban J connectivity index is 0.000000170. The summed E-state index contributed by atoms with van der Waals surface area (Å²) in [6.45, 7) is 30.3. The Morgan fingerprint density at radius 2 is 0.465 bits per heavy atom. The molecule has 0 N–H and O–H groups in total. The predicted octanol–water partition coefficient (Wildman–Crippen LogP) is 35.1. The van der Waals surface area contributed by atoms with Crippen molar-refractivity contribution in [2.75, 3.05) is 26.2 Å². The quantitative estimate of drug-likeness (QED) is 0.0283. The number of aryl methyl sites for hydroxylation is 4. The molecular formula is C101H131Br3N4O4S12Sn3. The first kappa shape index (κ1) is 102. The number of rotatable bonds is 40. The van der Waals surface area contributed by atoms with Gasteiger partial charge in [0, 0.05) is 26.2 Å². The summed E-state index contributed by atoms with van der Waals surface area (Å²) in [6.07, 6.45) is 28.0. The van der Waals surface area contributed by atoms with Gasteiger partial charge in [0.25, 0.3) is 23.6 Å². The molecule has 0 saturated carbocycles. The molecule has 0 atom stereocenters. The minimum absolute atomic E-state index is 0.00867. The topological polar surface area (TPSA) is 81.2 Å². The number of carbonyl (C=O) groups is 4. The number of hydrogen-bond acceptors (Lipinski definition) is 16. The molecule has 0 saturated heterocycles. The van der Waals surface area contributed by atoms with Gasteiger partial charge in [0.15, 0.2) is 0 Å². The van der Waals surface area contributed by atoms with Crippen LogP contribution < -0.4 is 8.68 Å². The fourth-order valence-electron chi connectivity index (χ4n) is 18.7. The maximum atomic E-state index is 14.9. The summed E-state index contributed by atoms with van der Waals surface area (Å²) in [5.41, 5.74) is 11.8. The Morgan fingerprint density at radius 1 is 0.252 bits per heavy atom. The van der Waals surface area contributed by atoms with Crippen molar-refractivity contribution in [3.8, 4) is 9.75 Å². The average Bonchev–Trinajstić information content (AvgIpc) is 1.56. The summed E-state index contributed by atoms with van der Waals surface area (Å²) < 4.78 is 26.6. The van der Waals surface area contributed by atoms with E-state index in [1.807, 2.05) is 83.9 Å². The van der Waals surface area contributed by atoms with E-state index >= 15 is 0 Å². The van der Waals surface area contributed by atoms with Crippen molar-refractivity contribution in [3.63, 3.8) is 0 Å². The number of fused-ring (bicyclic) bond motifs is 12. The number of hydrogen-bond donors (Lipinski definition) is 0. The number of carbonyl (C=O) groups excluding carboxylic acids is 4. The zero-order valence-electron chi connectivity index (χ0n) is 78.7. The third kappa shape index (κ3) is 22.5. The summed E-state index contributed by atoms with van der Waals surface area (Å²) in [6, 6.07) is 16.7. The zero-order valence-corrected chi connectivity index (χ0v) is 102. The van der Waals surface area contributed by atoms with Crippen LogP contribution in [0.4, 0.5) is 0 Å². The van der Waals surface area contributed by atoms with Crippen molar-refractivity contribution in [2.45, 2.75) is 282 Å². The van der Waals surface area contributed by atoms with Gasteiger partial charge in [0.05, 0.1) is 65.4 Å². The van der Waals surface area contributed by atoms with Crippen molar-refractivity contribution in [1.82, 2.24) is 19.6 Å². The van der Waals surface area contributed by atoms with E-state index in [1.54, 1.807) is 93.4 Å². The molecule has 0 radical (unpaired) electrons. The SMILES string of the molecule is CC(C)CCCCCCCN1C(=O)C2=C(c3ccc(Br)s3)N(CCCCCCCC(C)C)C(=O)C2=C1c1ccc(Br)s1.Cc1[c]([Sn]([CH3])([CH3])[CH3])sc2c1sc1c3s[c]([Sn]([CH3])([CH3])[CH3])c(C)c3sc21.Cc1c(-c2ccc(C3=C4C(=O)N(CCCCCCCC(C)C)C(c5ccc(Br)s5)=C4C(=O)N3CCCCCCCC(C)C)s2)sc2c1sc1c3s[c]([Sn]([CH3])([CH3])[CH3])c(C)c3sc21. The van der Waals surface area contributed by atoms with Gasteiger partial charge in [-0.25, -0.2) is 0 Å². The first-order valence-corrected chi connectivity index (χ1v) is 88.9. The van der Waals surface area contributed by atoms with Gasteiger partial charge < -0.3 is 19.6 Å². The van der Waals surface area contributed by atoms with Crippen LogP contribution in [0, 0.1) is 51.4 Å². The molecule has 4 aliphatic heterocycles. The molecule has 16 rings (SSSR count). The van der Waals surface area contributed by atoms with Crippen LogP contribution in [0.15, 0.2) is 82.2 Å². The van der Waals surface area contributed by atoms with Gasteiger partial charge in [0.1, 0.15) is 0 Å². The fraction of sp³-hybridized carbons (Fsp3) is 0.525. The molecule has 0 spiro atoms. The van der Waals surface area contributed by atoms with E-state index in [0.29, 0.717) is 48.5 Å². The molecule has 0 aromatic carbocycles. The van der Waals surface area contributed by atoms with E-state index in [9.17, 15) is 19.2 Å². The molecule has 16 heterocycles. The van der Waals surface area contributed by atoms with Crippen LogP contribution in [0.1, 0.15) is 251 Å². The van der Waals surface area contributed by atoms with Gasteiger partial charge in [-0.1, -0.05) is 184 Å². The van der Waals surface area contributed by atoms with Crippen LogP contribution >= 0.6 is 184 Å². The molecule has 8 nitrogen and oxygen atoms in total. The van der Waals surface area contributed by atoms with Gasteiger partial charge >= 0.3 is 349 Å². The van der Waals surface area contributed by atoms with Gasteiger partial charge in [-0.15, -0.1) is 34.0 Å². The van der Waals surface area contributed by atoms with Crippen LogP contribution in [-0.4, -0.2) is 125 Å². The number of nitrogens with zero attached hydrogens (tertiary/aromatic N) is 4. The Bertz CT molecular complexity index is 5960. The Kier molecular flexibility index (Phi) is 35.0. The Hall–Kier alpha value is -1.36. The predicted molar refractivity (Wildman–Crippen MR) is 593 cm³/mol. The van der Waals surface area contributed by atoms with Crippen LogP contribution in [0.5, 0.6) is 0 Å². The van der Waals surface area contributed by atoms with E-state index in [1.165, 1.54) is 152 Å². The number of thiophene rings is 12. The summed E-state index contributed by atoms with van der Waals surface area (Å²) in [5.74, 6) is 2.93. The molecule has 4 amide bonds. The van der Waals surface area contributed by atoms with E-state index in [0.717, 1.165) is 129 Å². The maximum absolute atomic E-state index is 14.9. The standard InChI is InChI=1S/C46H52BrN2O2S6.C34H46Br2N2O2S2.C12H6S4.9CH3.3Sn/c1-26(2)17-13-9-7-11-15-23-48-36(30-19-20-32(53-30)39-29(6)40-42(56-39)44-43(57-40)41-38(55-44)28(5)25-52-41)34-35(46(48)51)37(31-21-22-33(47)54-31)49(45(34)50)24-16-12-8-10-14-18-27(3)4;1-23(2)15-11-7-5-9-13-21-37-31(25-17-19-27(35)41-25)29-30(33(37)39)32(26-18-20-28(36)42-26)38(34(29)40)22-14-10-6-8-12-16-24(3)4;1-5-3-13-9-7(5)15-12-10-8(16-11(9)12)6(2)4-14-10;;;;;;;;;;;;/h19-22,26-27H,7-18,23-24H2,1-6H3;17-20,23-24H,5-16,21-22H2,1-4H3;1-2H3;9*1H3;;;. The molecule has 12 aromatic heterocycles. The van der Waals surface area contributed by atoms with Crippen molar-refractivity contribution >= 4 is 350 Å². The monoisotopic (exact) mass is 2440 g/mol. The van der Waals surface area contributed by atoms with Crippen molar-refractivity contribution in [2.24, 2.45) is 23.7 Å². The number of unbranched alkanes of at least 4 members (excludes halogenated alkanes) is 16. The molecule has 684 valence electrons. The van der Waals surface area contributed by atoms with Crippen LogP contribution in [0.2, 0.25) is 44.5 Å². The second kappa shape index (κ2) is 43.8. The molecule has 26 heteroatoms. The third-order valence-corrected chi connectivity index (χ3v) is 72.2. The molecule has 4 aliphatic rings. The molecule has 0 aliphatic carbocycles. The van der Waals surface area contributed by atoms with E-state index in [2.05, 4.69) is 250 Å². The van der Waals surface area contributed by atoms with Crippen LogP contribution in [0.25, 0.3) is 88.9 Å². The normalized spacial score (nSPS) is 15.0. The molecule has 0 fully saturated rings. The van der Waals surface area contributed by atoms with E-state index in [4.69, 9.17) is 0 Å². The first-order valence-electron chi connectivity index (χ1n) is 46.7. The van der Waals surface area contributed by atoms with Crippen LogP contribution in [0.3, 0.4) is 0 Å². The molecule has 127 heavy (non-hydrogen) atoms. The molecule has 0 bridgehead atoms. The second-order valence-corrected chi connectivity index (χ2v) is 103. The van der Waals surface area contributed by atoms with Crippen molar-refractivity contribution < 1.29 is 19.2 Å². The minimum atomic E-state index is -2.21. The second-order valence-electron chi connectivity index (χ2n) is 40.3. The first-order chi connectivity index (χ1) is 60.3. The van der Waals surface area contributed by atoms with Gasteiger partial charge in [0.2, 0.25) is 0 Å². The van der Waals surface area contributed by atoms with E-state index < -0.39 is 55.1 Å². The Labute approximate surface area is 843 Å². The third-order valence-electron chi connectivity index (χ3n) is 25.0. The van der Waals surface area contributed by atoms with Gasteiger partial charge in [-0.05, 0) is 134 Å².